The number of H-pyrrole nitrogens is 4. The van der Waals surface area contributed by atoms with Crippen molar-refractivity contribution in [2.24, 2.45) is 0 Å². The number of aliphatic hydroxyl groups is 1. The van der Waals surface area contributed by atoms with Gasteiger partial charge in [-0.25, -0.2) is 19.9 Å². The quantitative estimate of drug-likeness (QED) is 0.0195. The number of ether oxygens (including phenoxy) is 2. The largest absolute Gasteiger partial charge is 0.456 e. The molecule has 0 atom stereocenters. The number of piperidine rings is 1. The van der Waals surface area contributed by atoms with Crippen molar-refractivity contribution in [2.75, 3.05) is 197 Å². The van der Waals surface area contributed by atoms with E-state index in [4.69, 9.17) is 9.47 Å². The van der Waals surface area contributed by atoms with Crippen LogP contribution < -0.4 is 45.6 Å². The Bertz CT molecular complexity index is 7090. The van der Waals surface area contributed by atoms with Crippen LogP contribution in [0.25, 0.3) is 88.1 Å². The Balaban J connectivity index is 0.000000137. The van der Waals surface area contributed by atoms with Gasteiger partial charge in [0.05, 0.1) is 95.1 Å². The highest BCUT2D eigenvalue weighted by atomic mass is 16.5. The van der Waals surface area contributed by atoms with Gasteiger partial charge >= 0.3 is 0 Å². The first-order valence-corrected chi connectivity index (χ1v) is 46.8. The number of anilines is 8. The van der Waals surface area contributed by atoms with Gasteiger partial charge in [-0.2, -0.15) is 20.4 Å². The number of carbonyl (C=O) groups is 4. The number of carbonyl (C=O) groups excluding carboxylic acids is 4. The zero-order valence-corrected chi connectivity index (χ0v) is 81.4. The van der Waals surface area contributed by atoms with E-state index in [2.05, 4.69) is 153 Å². The lowest BCUT2D eigenvalue weighted by Gasteiger charge is -2.29. The Morgan fingerprint density at radius 1 is 0.352 bits per heavy atom. The maximum Gasteiger partial charge on any atom is 0.276 e. The second kappa shape index (κ2) is 47.0. The number of benzene rings is 5. The summed E-state index contributed by atoms with van der Waals surface area (Å²) in [5, 5.41) is 53.2. The molecule has 5 aromatic carbocycles. The lowest BCUT2D eigenvalue weighted by Crippen LogP contribution is -2.35. The van der Waals surface area contributed by atoms with Gasteiger partial charge in [0.1, 0.15) is 34.8 Å². The third-order valence-corrected chi connectivity index (χ3v) is 24.2. The predicted molar refractivity (Wildman–Crippen MR) is 559 cm³/mol. The molecule has 0 spiro atoms. The van der Waals surface area contributed by atoms with Crippen molar-refractivity contribution >= 4 is 113 Å². The molecular weight excluding hydrogens is 1790 g/mol. The number of aromatic amines is 4. The summed E-state index contributed by atoms with van der Waals surface area (Å²) >= 11 is 0. The minimum absolute atomic E-state index is 0.186. The molecule has 36 nitrogen and oxygen atoms in total. The minimum Gasteiger partial charge on any atom is -0.456 e. The van der Waals surface area contributed by atoms with E-state index in [1.54, 1.807) is 49.6 Å². The minimum atomic E-state index is -0.316. The summed E-state index contributed by atoms with van der Waals surface area (Å²) in [5.41, 5.74) is 16.8. The van der Waals surface area contributed by atoms with E-state index in [-0.39, 0.29) is 29.7 Å². The van der Waals surface area contributed by atoms with Crippen molar-refractivity contribution in [3.8, 4) is 56.0 Å². The van der Waals surface area contributed by atoms with Crippen LogP contribution in [0.4, 0.5) is 46.0 Å². The number of likely N-dealkylation sites (N-methyl/N-ethyl adjacent to an activating group) is 6. The van der Waals surface area contributed by atoms with Gasteiger partial charge in [-0.15, -0.1) is 0 Å². The van der Waals surface area contributed by atoms with Gasteiger partial charge in [0.25, 0.3) is 23.6 Å². The standard InChI is InChI=1S/C29H36N8O2.C29H29N7O2.C28H34N8O2.C20H18N6O/c1-35(2)12-13-36(3)27-7-5-23(18-31-27)32-29(39)28-25-15-21(4-6-26(25)33-34-28)22-14-20(16-30-17-22)19-37-10-8-24(38)9-11-37;1-35(2)13-14-36(3)27-12-10-22(18-31-27)32-29(37)28-25-16-20(9-11-26(25)33-34-28)21-15-24(19-30-17-21)38-23-7-5-4-6-8-23;1-34(2)8-9-35(3)26-7-5-23(18-30-26)31-28(37)27-24-15-21(4-6-25(24)32-33-27)22-14-20(16-29-17-22)19-36-10-12-38-13-11-36;1-26(2)18-8-6-15(12-22-18)23-20(27)19-16-10-13(5-7-17(16)24-25-19)14-4-3-9-21-11-14/h4-7,14-18,24,38H,8-13,19H2,1-3H3,(H,32,39)(H,33,34);4-12,15-19H,13-14H2,1-3H3,(H,32,37)(H,33,34);4-7,14-18H,8-13,19H2,1-3H3,(H,31,37)(H,32,33);3-12H,1-2H3,(H,23,27)(H,24,25). The number of fused-ring (bicyclic) bond motifs is 4. The van der Waals surface area contributed by atoms with Crippen LogP contribution in [0.5, 0.6) is 11.5 Å². The summed E-state index contributed by atoms with van der Waals surface area (Å²) in [6.07, 6.45) is 22.5. The van der Waals surface area contributed by atoms with Crippen LogP contribution in [0.3, 0.4) is 0 Å². The number of para-hydroxylation sites is 1. The van der Waals surface area contributed by atoms with Gasteiger partial charge in [0, 0.05) is 201 Å². The molecule has 36 heteroatoms. The molecule has 142 heavy (non-hydrogen) atoms. The third-order valence-electron chi connectivity index (χ3n) is 24.2. The number of nitrogens with one attached hydrogen (secondary N) is 8. The molecule has 0 bridgehead atoms. The summed E-state index contributed by atoms with van der Waals surface area (Å²) in [6, 6.07) is 58.1. The van der Waals surface area contributed by atoms with Crippen LogP contribution in [-0.2, 0) is 17.8 Å². The molecule has 2 aliphatic heterocycles. The molecule has 0 radical (unpaired) electrons. The SMILES string of the molecule is CN(C)CCN(C)c1ccc(NC(=O)c2n[nH]c3ccc(-c4cncc(CN5CCC(O)CC5)c4)cc23)cn1.CN(C)CCN(C)c1ccc(NC(=O)c2n[nH]c3ccc(-c4cncc(CN5CCOCC5)c4)cc23)cn1.CN(C)CCN(C)c1ccc(NC(=O)c2n[nH]c3ccc(-c4cncc(Oc5ccccc5)c4)cc23)cn1.CN(C)c1ccc(NC(=O)c2n[nH]c3ccc(-c4cccnc4)cc23)cn1. The Hall–Kier alpha value is -16.2. The first-order valence-electron chi connectivity index (χ1n) is 46.8. The van der Waals surface area contributed by atoms with Gasteiger partial charge in [-0.3, -0.25) is 69.3 Å². The molecule has 0 unspecified atom stereocenters. The van der Waals surface area contributed by atoms with E-state index in [1.165, 1.54) is 0 Å². The molecule has 14 heterocycles. The highest BCUT2D eigenvalue weighted by molar-refractivity contribution is 6.15. The molecule has 4 amide bonds. The molecule has 2 saturated heterocycles. The van der Waals surface area contributed by atoms with E-state index in [1.807, 2.05) is 277 Å². The van der Waals surface area contributed by atoms with Gasteiger partial charge < -0.3 is 70.1 Å². The number of rotatable bonds is 31. The van der Waals surface area contributed by atoms with Crippen molar-refractivity contribution in [3.05, 3.63) is 290 Å². The molecule has 17 aromatic rings. The fraction of sp³-hybridized carbons (Fsp3) is 0.264. The number of morpholine rings is 1. The number of amides is 4. The molecule has 12 aromatic heterocycles. The van der Waals surface area contributed by atoms with Gasteiger partial charge in [0.2, 0.25) is 0 Å². The van der Waals surface area contributed by atoms with Crippen LogP contribution in [0, 0.1) is 0 Å². The average Bonchev–Trinajstić information content (AvgIpc) is 1.64. The zero-order chi connectivity index (χ0) is 99.1. The molecule has 728 valence electrons. The number of likely N-dealkylation sites (tertiary alicyclic amines) is 1. The van der Waals surface area contributed by atoms with Gasteiger partial charge in [-0.05, 0) is 222 Å². The van der Waals surface area contributed by atoms with Crippen molar-refractivity contribution in [3.63, 3.8) is 0 Å². The smallest absolute Gasteiger partial charge is 0.276 e. The monoisotopic (exact) mass is 1910 g/mol. The summed E-state index contributed by atoms with van der Waals surface area (Å²) in [6.45, 7) is 12.1. The Labute approximate surface area is 823 Å². The first kappa shape index (κ1) is 98.8. The van der Waals surface area contributed by atoms with E-state index in [9.17, 15) is 24.3 Å². The Morgan fingerprint density at radius 3 is 1.06 bits per heavy atom. The van der Waals surface area contributed by atoms with E-state index in [0.717, 1.165) is 227 Å². The van der Waals surface area contributed by atoms with Crippen molar-refractivity contribution < 1.29 is 33.8 Å². The van der Waals surface area contributed by atoms with Crippen molar-refractivity contribution in [1.82, 2.24) is 105 Å². The predicted octanol–water partition coefficient (Wildman–Crippen LogP) is 14.7. The maximum atomic E-state index is 13.2. The van der Waals surface area contributed by atoms with Crippen LogP contribution in [0.1, 0.15) is 65.9 Å². The van der Waals surface area contributed by atoms with Crippen LogP contribution >= 0.6 is 0 Å². The van der Waals surface area contributed by atoms with Crippen LogP contribution in [0.2, 0.25) is 0 Å². The van der Waals surface area contributed by atoms with Crippen LogP contribution in [0.15, 0.2) is 256 Å². The Kier molecular flexibility index (Phi) is 32.7. The van der Waals surface area contributed by atoms with Crippen LogP contribution in [-0.4, -0.2) is 296 Å². The topological polar surface area (TPSA) is 402 Å². The normalized spacial score (nSPS) is 12.8. The highest BCUT2D eigenvalue weighted by Crippen LogP contribution is 2.34. The highest BCUT2D eigenvalue weighted by Gasteiger charge is 2.25. The molecule has 9 N–H and O–H groups in total. The molecule has 0 aliphatic carbocycles. The van der Waals surface area contributed by atoms with E-state index >= 15 is 0 Å². The van der Waals surface area contributed by atoms with E-state index < -0.39 is 0 Å². The second-order valence-electron chi connectivity index (χ2n) is 36.0. The number of hydrogen-bond donors (Lipinski definition) is 9. The lowest BCUT2D eigenvalue weighted by atomic mass is 10.0. The summed E-state index contributed by atoms with van der Waals surface area (Å²) in [4.78, 5) is 107. The third kappa shape index (κ3) is 26.2. The summed E-state index contributed by atoms with van der Waals surface area (Å²) in [7, 11) is 22.1. The zero-order valence-electron chi connectivity index (χ0n) is 81.4. The number of pyridine rings is 8. The molecule has 2 fully saturated rings. The number of aromatic nitrogens is 16. The number of hydrogen-bond acceptors (Lipinski definition) is 28. The van der Waals surface area contributed by atoms with E-state index in [0.29, 0.717) is 56.7 Å². The fourth-order valence-corrected chi connectivity index (χ4v) is 16.0. The number of aliphatic hydroxyl groups excluding tert-OH is 1. The van der Waals surface area contributed by atoms with Crippen molar-refractivity contribution in [2.45, 2.75) is 32.0 Å². The van der Waals surface area contributed by atoms with Crippen molar-refractivity contribution in [1.29, 1.82) is 0 Å². The summed E-state index contributed by atoms with van der Waals surface area (Å²) < 4.78 is 11.4. The summed E-state index contributed by atoms with van der Waals surface area (Å²) in [5.74, 6) is 3.53. The first-order chi connectivity index (χ1) is 68.9. The fourth-order valence-electron chi connectivity index (χ4n) is 16.0. The average molecular weight is 1910 g/mol. The van der Waals surface area contributed by atoms with Gasteiger partial charge in [0.15, 0.2) is 22.8 Å². The molecular formula is C106H117N29O7. The molecule has 2 aliphatic rings. The second-order valence-corrected chi connectivity index (χ2v) is 36.0. The maximum absolute atomic E-state index is 13.2. The lowest BCUT2D eigenvalue weighted by molar-refractivity contribution is 0.0341. The van der Waals surface area contributed by atoms with Gasteiger partial charge in [-0.1, -0.05) is 48.5 Å². The molecule has 19 rings (SSSR count). The number of nitrogens with zero attached hydrogens (tertiary/aromatic N) is 21. The molecule has 0 saturated carbocycles. The Morgan fingerprint density at radius 2 is 0.704 bits per heavy atom.